The van der Waals surface area contributed by atoms with Crippen LogP contribution in [0.3, 0.4) is 0 Å². The maximum Gasteiger partial charge on any atom is 0.138 e. The van der Waals surface area contributed by atoms with Gasteiger partial charge in [0, 0.05) is 5.69 Å². The van der Waals surface area contributed by atoms with E-state index in [0.29, 0.717) is 0 Å². The van der Waals surface area contributed by atoms with E-state index < -0.39 is 16.5 Å². The Labute approximate surface area is 138 Å². The minimum atomic E-state index is -1.40. The molecule has 2 rings (SSSR count). The van der Waals surface area contributed by atoms with E-state index in [-0.39, 0.29) is 0 Å². The lowest BCUT2D eigenvalue weighted by molar-refractivity contribution is 1.31. The molecule has 0 heterocycles. The standard InChI is InChI=1S/C19H29NSi2/c1-16-15-18(17-11-9-8-10-12-17)13-14-19(16)20(21(2,3)4)22(5,6)7/h8-15H,1-7H3. The lowest BCUT2D eigenvalue weighted by Crippen LogP contribution is -2.59. The Morgan fingerprint density at radius 2 is 1.23 bits per heavy atom. The van der Waals surface area contributed by atoms with Gasteiger partial charge in [0.25, 0.3) is 0 Å². The molecule has 0 saturated heterocycles. The first-order chi connectivity index (χ1) is 10.1. The van der Waals surface area contributed by atoms with Crippen LogP contribution in [0, 0.1) is 6.92 Å². The van der Waals surface area contributed by atoms with Crippen molar-refractivity contribution in [3.8, 4) is 11.1 Å². The van der Waals surface area contributed by atoms with Gasteiger partial charge in [-0.15, -0.1) is 0 Å². The first-order valence-corrected chi connectivity index (χ1v) is 15.0. The van der Waals surface area contributed by atoms with Crippen LogP contribution in [0.25, 0.3) is 11.1 Å². The van der Waals surface area contributed by atoms with Crippen molar-refractivity contribution in [3.63, 3.8) is 0 Å². The fraction of sp³-hybridized carbons (Fsp3) is 0.368. The van der Waals surface area contributed by atoms with Gasteiger partial charge in [0.05, 0.1) is 0 Å². The molecule has 0 radical (unpaired) electrons. The molecule has 0 spiro atoms. The second-order valence-electron chi connectivity index (χ2n) is 8.04. The average Bonchev–Trinajstić information content (AvgIpc) is 2.39. The van der Waals surface area contributed by atoms with Crippen molar-refractivity contribution in [1.82, 2.24) is 0 Å². The maximum absolute atomic E-state index is 2.80. The zero-order chi connectivity index (χ0) is 16.5. The van der Waals surface area contributed by atoms with Crippen molar-refractivity contribution in [2.75, 3.05) is 4.23 Å². The predicted molar refractivity (Wildman–Crippen MR) is 106 cm³/mol. The van der Waals surface area contributed by atoms with Crippen molar-refractivity contribution in [3.05, 3.63) is 54.1 Å². The lowest BCUT2D eigenvalue weighted by atomic mass is 10.0. The van der Waals surface area contributed by atoms with E-state index in [2.05, 4.69) is 99.0 Å². The summed E-state index contributed by atoms with van der Waals surface area (Å²) in [7, 11) is -2.79. The molecule has 22 heavy (non-hydrogen) atoms. The van der Waals surface area contributed by atoms with Crippen molar-refractivity contribution in [2.45, 2.75) is 46.2 Å². The van der Waals surface area contributed by atoms with Gasteiger partial charge in [-0.25, -0.2) is 0 Å². The molecule has 0 aliphatic rings. The van der Waals surface area contributed by atoms with Gasteiger partial charge in [-0.2, -0.15) is 0 Å². The van der Waals surface area contributed by atoms with Crippen LogP contribution in [0.1, 0.15) is 5.56 Å². The number of rotatable bonds is 4. The summed E-state index contributed by atoms with van der Waals surface area (Å²) in [5.41, 5.74) is 5.45. The van der Waals surface area contributed by atoms with E-state index in [0.717, 1.165) is 0 Å². The number of hydrogen-bond donors (Lipinski definition) is 0. The molecule has 2 aromatic carbocycles. The van der Waals surface area contributed by atoms with Crippen molar-refractivity contribution in [2.24, 2.45) is 0 Å². The van der Waals surface area contributed by atoms with Crippen molar-refractivity contribution in [1.29, 1.82) is 0 Å². The molecule has 1 nitrogen and oxygen atoms in total. The van der Waals surface area contributed by atoms with Crippen molar-refractivity contribution < 1.29 is 0 Å². The van der Waals surface area contributed by atoms with E-state index in [4.69, 9.17) is 0 Å². The highest BCUT2D eigenvalue weighted by molar-refractivity contribution is 6.99. The van der Waals surface area contributed by atoms with Crippen molar-refractivity contribution >= 4 is 22.2 Å². The molecule has 0 atom stereocenters. The Morgan fingerprint density at radius 1 is 0.682 bits per heavy atom. The topological polar surface area (TPSA) is 3.24 Å². The predicted octanol–water partition coefficient (Wildman–Crippen LogP) is 6.14. The molecule has 0 aliphatic carbocycles. The van der Waals surface area contributed by atoms with Crippen LogP contribution in [0.4, 0.5) is 5.69 Å². The normalized spacial score (nSPS) is 12.3. The molecule has 0 fully saturated rings. The fourth-order valence-electron chi connectivity index (χ4n) is 3.45. The van der Waals surface area contributed by atoms with E-state index in [1.807, 2.05) is 0 Å². The van der Waals surface area contributed by atoms with Crippen LogP contribution in [0.5, 0.6) is 0 Å². The SMILES string of the molecule is Cc1cc(-c2ccccc2)ccc1N([Si](C)(C)C)[Si](C)(C)C. The molecule has 0 N–H and O–H groups in total. The molecule has 3 heteroatoms. The Bertz CT molecular complexity index is 623. The number of aryl methyl sites for hydroxylation is 1. The first-order valence-electron chi connectivity index (χ1n) is 8.07. The Morgan fingerprint density at radius 3 is 1.68 bits per heavy atom. The first kappa shape index (κ1) is 17.0. The van der Waals surface area contributed by atoms with Crippen LogP contribution in [0.15, 0.2) is 48.5 Å². The Balaban J connectivity index is 2.49. The average molecular weight is 328 g/mol. The van der Waals surface area contributed by atoms with E-state index in [1.54, 1.807) is 0 Å². The van der Waals surface area contributed by atoms with Gasteiger partial charge in [-0.3, -0.25) is 0 Å². The highest BCUT2D eigenvalue weighted by atomic mass is 28.4. The Kier molecular flexibility index (Phi) is 4.68. The fourth-order valence-corrected chi connectivity index (χ4v) is 13.4. The van der Waals surface area contributed by atoms with E-state index in [9.17, 15) is 0 Å². The second kappa shape index (κ2) is 6.05. The zero-order valence-corrected chi connectivity index (χ0v) is 17.1. The molecular weight excluding hydrogens is 298 g/mol. The summed E-state index contributed by atoms with van der Waals surface area (Å²) in [6, 6.07) is 17.6. The minimum Gasteiger partial charge on any atom is -0.424 e. The van der Waals surface area contributed by atoms with Crippen LogP contribution >= 0.6 is 0 Å². The minimum absolute atomic E-state index is 1.30. The van der Waals surface area contributed by atoms with Gasteiger partial charge in [0.15, 0.2) is 0 Å². The maximum atomic E-state index is 2.80. The largest absolute Gasteiger partial charge is 0.424 e. The van der Waals surface area contributed by atoms with E-state index >= 15 is 0 Å². The highest BCUT2D eigenvalue weighted by Crippen LogP contribution is 2.33. The van der Waals surface area contributed by atoms with Crippen LogP contribution in [-0.2, 0) is 0 Å². The van der Waals surface area contributed by atoms with Gasteiger partial charge in [-0.1, -0.05) is 75.7 Å². The molecule has 0 aromatic heterocycles. The molecule has 0 bridgehead atoms. The van der Waals surface area contributed by atoms with Gasteiger partial charge < -0.3 is 4.23 Å². The molecule has 0 unspecified atom stereocenters. The smallest absolute Gasteiger partial charge is 0.138 e. The molecule has 0 saturated carbocycles. The second-order valence-corrected chi connectivity index (χ2v) is 18.1. The molecule has 2 aromatic rings. The number of nitrogens with zero attached hydrogens (tertiary/aromatic N) is 1. The Hall–Kier alpha value is -1.33. The number of anilines is 1. The van der Waals surface area contributed by atoms with Gasteiger partial charge in [0.1, 0.15) is 16.5 Å². The molecule has 0 amide bonds. The van der Waals surface area contributed by atoms with Gasteiger partial charge in [0.2, 0.25) is 0 Å². The third-order valence-electron chi connectivity index (χ3n) is 3.89. The van der Waals surface area contributed by atoms with Crippen LogP contribution < -0.4 is 4.23 Å². The summed E-state index contributed by atoms with van der Waals surface area (Å²) in [6.07, 6.45) is 0. The molecular formula is C19H29NSi2. The summed E-state index contributed by atoms with van der Waals surface area (Å²) < 4.78 is 2.80. The quantitative estimate of drug-likeness (QED) is 0.610. The third kappa shape index (κ3) is 3.71. The number of hydrogen-bond acceptors (Lipinski definition) is 1. The lowest BCUT2D eigenvalue weighted by Gasteiger charge is -2.46. The monoisotopic (exact) mass is 327 g/mol. The number of benzene rings is 2. The summed E-state index contributed by atoms with van der Waals surface area (Å²) >= 11 is 0. The third-order valence-corrected chi connectivity index (χ3v) is 11.1. The summed E-state index contributed by atoms with van der Waals surface area (Å²) in [5.74, 6) is 0. The highest BCUT2D eigenvalue weighted by Gasteiger charge is 2.35. The van der Waals surface area contributed by atoms with E-state index in [1.165, 1.54) is 22.4 Å². The summed E-state index contributed by atoms with van der Waals surface area (Å²) in [6.45, 7) is 17.0. The van der Waals surface area contributed by atoms with Gasteiger partial charge >= 0.3 is 0 Å². The van der Waals surface area contributed by atoms with Crippen LogP contribution in [-0.4, -0.2) is 16.5 Å². The molecule has 118 valence electrons. The van der Waals surface area contributed by atoms with Gasteiger partial charge in [-0.05, 0) is 35.7 Å². The zero-order valence-electron chi connectivity index (χ0n) is 15.1. The summed E-state index contributed by atoms with van der Waals surface area (Å²) in [4.78, 5) is 0. The molecule has 0 aliphatic heterocycles. The summed E-state index contributed by atoms with van der Waals surface area (Å²) in [5, 5.41) is 0. The van der Waals surface area contributed by atoms with Crippen LogP contribution in [0.2, 0.25) is 39.3 Å².